The van der Waals surface area contributed by atoms with E-state index in [-0.39, 0.29) is 19.5 Å². The first-order chi connectivity index (χ1) is 14.7. The van der Waals surface area contributed by atoms with Crippen molar-refractivity contribution in [2.45, 2.75) is 0 Å². The van der Waals surface area contributed by atoms with E-state index in [0.29, 0.717) is 51.0 Å². The first-order valence-corrected chi connectivity index (χ1v) is 9.95. The molecular formula is C21H32N2O7. The van der Waals surface area contributed by atoms with Gasteiger partial charge in [-0.15, -0.1) is 0 Å². The van der Waals surface area contributed by atoms with Crippen molar-refractivity contribution in [2.24, 2.45) is 0 Å². The molecule has 30 heavy (non-hydrogen) atoms. The molecule has 1 aromatic rings. The number of nitrogens with zero attached hydrogens (tertiary/aromatic N) is 1. The highest BCUT2D eigenvalue weighted by Crippen LogP contribution is 2.29. The molecule has 0 bridgehead atoms. The van der Waals surface area contributed by atoms with Gasteiger partial charge in [0.15, 0.2) is 25.1 Å². The van der Waals surface area contributed by atoms with Crippen molar-refractivity contribution < 1.29 is 33.2 Å². The van der Waals surface area contributed by atoms with Gasteiger partial charge in [-0.1, -0.05) is 6.07 Å². The van der Waals surface area contributed by atoms with Gasteiger partial charge in [-0.2, -0.15) is 0 Å². The summed E-state index contributed by atoms with van der Waals surface area (Å²) in [5, 5.41) is 3.23. The summed E-state index contributed by atoms with van der Waals surface area (Å²) >= 11 is 0. The van der Waals surface area contributed by atoms with Crippen LogP contribution in [0.25, 0.3) is 6.08 Å². The van der Waals surface area contributed by atoms with Crippen LogP contribution in [0, 0.1) is 0 Å². The number of rotatable bonds is 14. The average molecular weight is 424 g/mol. The molecule has 1 heterocycles. The van der Waals surface area contributed by atoms with E-state index >= 15 is 0 Å². The van der Waals surface area contributed by atoms with E-state index in [4.69, 9.17) is 28.4 Å². The lowest BCUT2D eigenvalue weighted by molar-refractivity contribution is -0.126. The molecule has 1 fully saturated rings. The van der Waals surface area contributed by atoms with E-state index in [2.05, 4.69) is 5.32 Å². The third kappa shape index (κ3) is 9.10. The number of hydrogen-bond acceptors (Lipinski definition) is 8. The third-order valence-electron chi connectivity index (χ3n) is 4.27. The van der Waals surface area contributed by atoms with Crippen LogP contribution < -0.4 is 14.8 Å². The molecule has 0 aliphatic carbocycles. The third-order valence-corrected chi connectivity index (χ3v) is 4.27. The summed E-state index contributed by atoms with van der Waals surface area (Å²) in [5.41, 5.74) is 0.818. The fourth-order valence-corrected chi connectivity index (χ4v) is 2.63. The molecular weight excluding hydrogens is 392 g/mol. The van der Waals surface area contributed by atoms with Gasteiger partial charge in [0.1, 0.15) is 0 Å². The molecule has 0 aromatic heterocycles. The van der Waals surface area contributed by atoms with Crippen molar-refractivity contribution in [1.82, 2.24) is 10.2 Å². The van der Waals surface area contributed by atoms with Crippen molar-refractivity contribution in [2.75, 3.05) is 80.4 Å². The van der Waals surface area contributed by atoms with E-state index in [1.54, 1.807) is 38.5 Å². The van der Waals surface area contributed by atoms with Crippen LogP contribution in [0.3, 0.4) is 0 Å². The largest absolute Gasteiger partial charge is 0.464 e. The van der Waals surface area contributed by atoms with E-state index in [1.165, 1.54) is 0 Å². The Bertz CT molecular complexity index is 648. The van der Waals surface area contributed by atoms with Gasteiger partial charge in [-0.25, -0.2) is 0 Å². The molecule has 1 saturated heterocycles. The molecule has 168 valence electrons. The SMILES string of the molecule is COCCOCOc1ccc(C=CC(=O)N2CCNCC2)cc1OCOCCOC. The van der Waals surface area contributed by atoms with Crippen molar-refractivity contribution in [1.29, 1.82) is 0 Å². The molecule has 1 N–H and O–H groups in total. The maximum Gasteiger partial charge on any atom is 0.246 e. The molecule has 0 radical (unpaired) electrons. The molecule has 1 aliphatic heterocycles. The molecule has 0 spiro atoms. The summed E-state index contributed by atoms with van der Waals surface area (Å²) in [7, 11) is 3.22. The van der Waals surface area contributed by atoms with E-state index in [1.807, 2.05) is 11.0 Å². The second-order valence-electron chi connectivity index (χ2n) is 6.44. The number of carbonyl (C=O) groups is 1. The second kappa shape index (κ2) is 14.8. The lowest BCUT2D eigenvalue weighted by Gasteiger charge is -2.26. The number of ether oxygens (including phenoxy) is 6. The quantitative estimate of drug-likeness (QED) is 0.270. The molecule has 1 aromatic carbocycles. The lowest BCUT2D eigenvalue weighted by atomic mass is 10.2. The molecule has 9 heteroatoms. The van der Waals surface area contributed by atoms with Gasteiger partial charge >= 0.3 is 0 Å². The predicted octanol–water partition coefficient (Wildman–Crippen LogP) is 1.13. The summed E-state index contributed by atoms with van der Waals surface area (Å²) in [6, 6.07) is 5.43. The Morgan fingerprint density at radius 3 is 2.23 bits per heavy atom. The second-order valence-corrected chi connectivity index (χ2v) is 6.44. The predicted molar refractivity (Wildman–Crippen MR) is 112 cm³/mol. The zero-order valence-corrected chi connectivity index (χ0v) is 17.8. The summed E-state index contributed by atoms with van der Waals surface area (Å²) in [4.78, 5) is 14.1. The first kappa shape index (κ1) is 24.1. The van der Waals surface area contributed by atoms with Gasteiger partial charge in [-0.05, 0) is 23.8 Å². The Hall–Kier alpha value is -2.17. The maximum absolute atomic E-state index is 12.3. The van der Waals surface area contributed by atoms with Crippen molar-refractivity contribution in [3.05, 3.63) is 29.8 Å². The molecule has 0 unspecified atom stereocenters. The Morgan fingerprint density at radius 2 is 1.60 bits per heavy atom. The highest BCUT2D eigenvalue weighted by atomic mass is 16.7. The Kier molecular flexibility index (Phi) is 11.9. The number of amides is 1. The number of nitrogens with one attached hydrogen (secondary N) is 1. The van der Waals surface area contributed by atoms with Crippen LogP contribution in [0.15, 0.2) is 24.3 Å². The van der Waals surface area contributed by atoms with Gasteiger partial charge in [0.05, 0.1) is 26.4 Å². The summed E-state index contributed by atoms with van der Waals surface area (Å²) in [5.74, 6) is 1.02. The number of methoxy groups -OCH3 is 2. The summed E-state index contributed by atoms with van der Waals surface area (Å²) in [6.45, 7) is 5.02. The average Bonchev–Trinajstić information content (AvgIpc) is 2.78. The van der Waals surface area contributed by atoms with Gasteiger partial charge in [-0.3, -0.25) is 4.79 Å². The van der Waals surface area contributed by atoms with Gasteiger partial charge < -0.3 is 38.6 Å². The van der Waals surface area contributed by atoms with Crippen molar-refractivity contribution in [3.8, 4) is 11.5 Å². The molecule has 2 rings (SSSR count). The van der Waals surface area contributed by atoms with Gasteiger partial charge in [0.25, 0.3) is 0 Å². The minimum atomic E-state index is -0.00580. The lowest BCUT2D eigenvalue weighted by Crippen LogP contribution is -2.45. The molecule has 0 saturated carbocycles. The van der Waals surface area contributed by atoms with E-state index in [9.17, 15) is 4.79 Å². The standard InChI is InChI=1S/C21H32N2O7/c1-25-11-13-27-16-29-19-5-3-18(15-20(19)30-17-28-14-12-26-2)4-6-21(24)23-9-7-22-8-10-23/h3-6,15,22H,7-14,16-17H2,1-2H3. The van der Waals surface area contributed by atoms with Gasteiger partial charge in [0.2, 0.25) is 5.91 Å². The van der Waals surface area contributed by atoms with Crippen LogP contribution in [-0.4, -0.2) is 91.2 Å². The van der Waals surface area contributed by atoms with Crippen LogP contribution in [-0.2, 0) is 23.7 Å². The Balaban J connectivity index is 1.96. The number of hydrogen-bond donors (Lipinski definition) is 1. The van der Waals surface area contributed by atoms with Gasteiger partial charge in [0, 0.05) is 46.5 Å². The van der Waals surface area contributed by atoms with Crippen LogP contribution in [0.5, 0.6) is 11.5 Å². The number of carbonyl (C=O) groups excluding carboxylic acids is 1. The van der Waals surface area contributed by atoms with Crippen molar-refractivity contribution in [3.63, 3.8) is 0 Å². The number of piperazine rings is 1. The van der Waals surface area contributed by atoms with E-state index in [0.717, 1.165) is 18.7 Å². The van der Waals surface area contributed by atoms with Crippen LogP contribution >= 0.6 is 0 Å². The fraction of sp³-hybridized carbons (Fsp3) is 0.571. The van der Waals surface area contributed by atoms with Crippen LogP contribution in [0.2, 0.25) is 0 Å². The zero-order chi connectivity index (χ0) is 21.4. The molecule has 0 atom stereocenters. The summed E-state index contributed by atoms with van der Waals surface area (Å²) < 4.78 is 32.0. The van der Waals surface area contributed by atoms with Crippen LogP contribution in [0.4, 0.5) is 0 Å². The summed E-state index contributed by atoms with van der Waals surface area (Å²) in [6.07, 6.45) is 3.34. The molecule has 9 nitrogen and oxygen atoms in total. The fourth-order valence-electron chi connectivity index (χ4n) is 2.63. The monoisotopic (exact) mass is 424 g/mol. The Labute approximate surface area is 177 Å². The van der Waals surface area contributed by atoms with Crippen molar-refractivity contribution >= 4 is 12.0 Å². The minimum Gasteiger partial charge on any atom is -0.464 e. The van der Waals surface area contributed by atoms with Crippen LogP contribution in [0.1, 0.15) is 5.56 Å². The number of benzene rings is 1. The highest BCUT2D eigenvalue weighted by Gasteiger charge is 2.13. The molecule has 1 amide bonds. The van der Waals surface area contributed by atoms with E-state index < -0.39 is 0 Å². The Morgan fingerprint density at radius 1 is 0.967 bits per heavy atom. The maximum atomic E-state index is 12.3. The highest BCUT2D eigenvalue weighted by molar-refractivity contribution is 5.92. The molecule has 1 aliphatic rings. The topological polar surface area (TPSA) is 87.7 Å². The normalized spacial score (nSPS) is 14.3. The smallest absolute Gasteiger partial charge is 0.246 e. The minimum absolute atomic E-state index is 0.00580. The zero-order valence-electron chi connectivity index (χ0n) is 17.8. The first-order valence-electron chi connectivity index (χ1n) is 9.95.